The fourth-order valence-electron chi connectivity index (χ4n) is 1.80. The van der Waals surface area contributed by atoms with Crippen molar-refractivity contribution in [2.24, 2.45) is 5.73 Å². The molecule has 1 fully saturated rings. The minimum atomic E-state index is -4.45. The van der Waals surface area contributed by atoms with Gasteiger partial charge in [0, 0.05) is 19.0 Å². The van der Waals surface area contributed by atoms with E-state index in [2.05, 4.69) is 0 Å². The van der Waals surface area contributed by atoms with Crippen LogP contribution < -0.4 is 11.1 Å². The Morgan fingerprint density at radius 2 is 1.95 bits per heavy atom. The first-order valence-corrected chi connectivity index (χ1v) is 5.98. The zero-order chi connectivity index (χ0) is 14.7. The lowest BCUT2D eigenvalue weighted by atomic mass is 9.75. The summed E-state index contributed by atoms with van der Waals surface area (Å²) >= 11 is 0. The minimum Gasteiger partial charge on any atom is -0.345 e. The average Bonchev–Trinajstić information content (AvgIpc) is 2.23. The van der Waals surface area contributed by atoms with Crippen molar-refractivity contribution in [3.63, 3.8) is 0 Å². The third kappa shape index (κ3) is 5.46. The molecule has 0 aromatic carbocycles. The van der Waals surface area contributed by atoms with Crippen LogP contribution in [0.15, 0.2) is 0 Å². The maximum absolute atomic E-state index is 11.9. The molecule has 0 spiro atoms. The van der Waals surface area contributed by atoms with Crippen molar-refractivity contribution in [1.29, 1.82) is 0 Å². The summed E-state index contributed by atoms with van der Waals surface area (Å²) in [7, 11) is 1.37. The lowest BCUT2D eigenvalue weighted by Crippen LogP contribution is -2.51. The molecule has 110 valence electrons. The number of alkyl halides is 3. The van der Waals surface area contributed by atoms with E-state index in [0.717, 1.165) is 24.2 Å². The first kappa shape index (κ1) is 15.7. The predicted octanol–water partition coefficient (Wildman–Crippen LogP) is 0.395. The molecule has 0 saturated heterocycles. The molecule has 3 N–H and O–H groups in total. The van der Waals surface area contributed by atoms with Crippen molar-refractivity contribution < 1.29 is 22.8 Å². The molecule has 0 bridgehead atoms. The van der Waals surface area contributed by atoms with Gasteiger partial charge in [-0.3, -0.25) is 9.59 Å². The van der Waals surface area contributed by atoms with Crippen LogP contribution in [0.3, 0.4) is 0 Å². The molecule has 0 radical (unpaired) electrons. The summed E-state index contributed by atoms with van der Waals surface area (Å²) in [5, 5.41) is 1.71. The van der Waals surface area contributed by atoms with Crippen LogP contribution in [0, 0.1) is 0 Å². The van der Waals surface area contributed by atoms with E-state index in [1.165, 1.54) is 7.05 Å². The summed E-state index contributed by atoms with van der Waals surface area (Å²) in [6.07, 6.45) is -1.85. The number of nitrogens with one attached hydrogen (secondary N) is 1. The van der Waals surface area contributed by atoms with Gasteiger partial charge in [0.2, 0.25) is 11.8 Å². The van der Waals surface area contributed by atoms with Gasteiger partial charge in [0.15, 0.2) is 0 Å². The first-order chi connectivity index (χ1) is 8.61. The molecule has 1 saturated carbocycles. The molecule has 0 aliphatic heterocycles. The van der Waals surface area contributed by atoms with Crippen LogP contribution in [0.1, 0.15) is 25.7 Å². The van der Waals surface area contributed by atoms with Gasteiger partial charge in [0.1, 0.15) is 6.54 Å². The Labute approximate surface area is 109 Å². The van der Waals surface area contributed by atoms with E-state index in [9.17, 15) is 22.8 Å². The number of amides is 2. The lowest BCUT2D eigenvalue weighted by molar-refractivity contribution is -0.142. The molecule has 0 unspecified atom stereocenters. The molecule has 1 rings (SSSR count). The summed E-state index contributed by atoms with van der Waals surface area (Å²) in [5.41, 5.74) is 5.39. The highest BCUT2D eigenvalue weighted by atomic mass is 19.4. The van der Waals surface area contributed by atoms with E-state index in [1.807, 2.05) is 0 Å². The van der Waals surface area contributed by atoms with Gasteiger partial charge in [-0.25, -0.2) is 0 Å². The second-order valence-electron chi connectivity index (χ2n) is 5.03. The van der Waals surface area contributed by atoms with Crippen LogP contribution in [0.2, 0.25) is 0 Å². The van der Waals surface area contributed by atoms with Crippen molar-refractivity contribution in [2.75, 3.05) is 20.1 Å². The van der Waals surface area contributed by atoms with Crippen molar-refractivity contribution in [3.8, 4) is 0 Å². The molecule has 2 amide bonds. The maximum atomic E-state index is 11.9. The Morgan fingerprint density at radius 3 is 2.37 bits per heavy atom. The standard InChI is InChI=1S/C11H18F3N3O2/c1-17(6-8(18)16-7-11(12,13)14)9(19)5-10(15)3-2-4-10/h2-7,15H2,1H3,(H,16,18). The van der Waals surface area contributed by atoms with E-state index in [0.29, 0.717) is 0 Å². The molecule has 8 heteroatoms. The molecule has 19 heavy (non-hydrogen) atoms. The zero-order valence-corrected chi connectivity index (χ0v) is 10.7. The van der Waals surface area contributed by atoms with Crippen LogP contribution in [-0.2, 0) is 9.59 Å². The Hall–Kier alpha value is -1.31. The Kier molecular flexibility index (Phi) is 4.78. The molecule has 0 atom stereocenters. The molecule has 1 aliphatic rings. The third-order valence-electron chi connectivity index (χ3n) is 3.15. The first-order valence-electron chi connectivity index (χ1n) is 5.98. The monoisotopic (exact) mass is 281 g/mol. The Bertz CT molecular complexity index is 354. The van der Waals surface area contributed by atoms with E-state index in [4.69, 9.17) is 5.73 Å². The van der Waals surface area contributed by atoms with Gasteiger partial charge in [-0.05, 0) is 19.3 Å². The van der Waals surface area contributed by atoms with Crippen molar-refractivity contribution >= 4 is 11.8 Å². The molecular formula is C11H18F3N3O2. The fourth-order valence-corrected chi connectivity index (χ4v) is 1.80. The zero-order valence-electron chi connectivity index (χ0n) is 10.7. The summed E-state index contributed by atoms with van der Waals surface area (Å²) in [4.78, 5) is 24.0. The van der Waals surface area contributed by atoms with Crippen LogP contribution in [0.5, 0.6) is 0 Å². The van der Waals surface area contributed by atoms with Gasteiger partial charge in [0.25, 0.3) is 0 Å². The molecule has 5 nitrogen and oxygen atoms in total. The molecular weight excluding hydrogens is 263 g/mol. The molecule has 0 aromatic rings. The average molecular weight is 281 g/mol. The van der Waals surface area contributed by atoms with Crippen LogP contribution in [0.25, 0.3) is 0 Å². The number of halogens is 3. The highest BCUT2D eigenvalue weighted by Gasteiger charge is 2.35. The van der Waals surface area contributed by atoms with Gasteiger partial charge in [-0.15, -0.1) is 0 Å². The number of nitrogens with two attached hydrogens (primary N) is 1. The van der Waals surface area contributed by atoms with Crippen molar-refractivity contribution in [1.82, 2.24) is 10.2 Å². The van der Waals surface area contributed by atoms with Gasteiger partial charge in [-0.1, -0.05) is 0 Å². The third-order valence-corrected chi connectivity index (χ3v) is 3.15. The van der Waals surface area contributed by atoms with Crippen LogP contribution in [-0.4, -0.2) is 48.6 Å². The summed E-state index contributed by atoms with van der Waals surface area (Å²) in [5.74, 6) is -1.17. The molecule has 1 aliphatic carbocycles. The summed E-state index contributed by atoms with van der Waals surface area (Å²) < 4.78 is 35.6. The number of hydrogen-bond acceptors (Lipinski definition) is 3. The van der Waals surface area contributed by atoms with E-state index in [-0.39, 0.29) is 12.3 Å². The highest BCUT2D eigenvalue weighted by Crippen LogP contribution is 2.32. The van der Waals surface area contributed by atoms with Crippen LogP contribution >= 0.6 is 0 Å². The fraction of sp³-hybridized carbons (Fsp3) is 0.818. The SMILES string of the molecule is CN(CC(=O)NCC(F)(F)F)C(=O)CC1(N)CCC1. The predicted molar refractivity (Wildman–Crippen MR) is 62.1 cm³/mol. The number of nitrogens with zero attached hydrogens (tertiary/aromatic N) is 1. The smallest absolute Gasteiger partial charge is 0.345 e. The Morgan fingerprint density at radius 1 is 1.37 bits per heavy atom. The van der Waals surface area contributed by atoms with E-state index >= 15 is 0 Å². The minimum absolute atomic E-state index is 0.121. The summed E-state index contributed by atoms with van der Waals surface area (Å²) in [6, 6.07) is 0. The van der Waals surface area contributed by atoms with Gasteiger partial charge < -0.3 is 16.0 Å². The highest BCUT2D eigenvalue weighted by molar-refractivity contribution is 5.85. The number of rotatable bonds is 5. The largest absolute Gasteiger partial charge is 0.405 e. The van der Waals surface area contributed by atoms with E-state index < -0.39 is 30.7 Å². The number of carbonyl (C=O) groups excluding carboxylic acids is 2. The number of hydrogen-bond donors (Lipinski definition) is 2. The van der Waals surface area contributed by atoms with Crippen molar-refractivity contribution in [3.05, 3.63) is 0 Å². The second-order valence-corrected chi connectivity index (χ2v) is 5.03. The lowest BCUT2D eigenvalue weighted by Gasteiger charge is -2.38. The van der Waals surface area contributed by atoms with Gasteiger partial charge in [-0.2, -0.15) is 13.2 Å². The summed E-state index contributed by atoms with van der Waals surface area (Å²) in [6.45, 7) is -1.79. The van der Waals surface area contributed by atoms with Crippen LogP contribution in [0.4, 0.5) is 13.2 Å². The van der Waals surface area contributed by atoms with E-state index in [1.54, 1.807) is 5.32 Å². The second kappa shape index (κ2) is 5.77. The van der Waals surface area contributed by atoms with Gasteiger partial charge in [0.05, 0.1) is 6.54 Å². The topological polar surface area (TPSA) is 75.4 Å². The quantitative estimate of drug-likeness (QED) is 0.765. The maximum Gasteiger partial charge on any atom is 0.405 e. The molecule has 0 heterocycles. The normalized spacial score (nSPS) is 17.5. The van der Waals surface area contributed by atoms with Gasteiger partial charge >= 0.3 is 6.18 Å². The van der Waals surface area contributed by atoms with Crippen molar-refractivity contribution in [2.45, 2.75) is 37.4 Å². The molecule has 0 aromatic heterocycles. The Balaban J connectivity index is 2.31. The number of likely N-dealkylation sites (N-methyl/N-ethyl adjacent to an activating group) is 1. The number of carbonyl (C=O) groups is 2.